The molecule has 0 aromatic heterocycles. The highest BCUT2D eigenvalue weighted by molar-refractivity contribution is 7.99. The van der Waals surface area contributed by atoms with E-state index in [9.17, 15) is 4.79 Å². The average molecular weight is 264 g/mol. The third-order valence-electron chi connectivity index (χ3n) is 3.02. The van der Waals surface area contributed by atoms with E-state index < -0.39 is 0 Å². The Kier molecular flexibility index (Phi) is 5.55. The number of thioether (sulfide) groups is 1. The molecule has 1 atom stereocenters. The van der Waals surface area contributed by atoms with E-state index in [-0.39, 0.29) is 11.9 Å². The molecule has 1 heterocycles. The van der Waals surface area contributed by atoms with Crippen molar-refractivity contribution in [3.63, 3.8) is 0 Å². The Bertz CT molecular complexity index is 363. The van der Waals surface area contributed by atoms with Crippen molar-refractivity contribution in [1.82, 2.24) is 10.6 Å². The van der Waals surface area contributed by atoms with Gasteiger partial charge in [-0.05, 0) is 18.4 Å². The molecule has 1 aliphatic rings. The molecular formula is C14H20N2OS. The number of aryl methyl sites for hydroxylation is 1. The SMILES string of the molecule is O=C(NCCCc1ccccc1)C1CSCCN1. The van der Waals surface area contributed by atoms with Crippen LogP contribution in [0.4, 0.5) is 0 Å². The lowest BCUT2D eigenvalue weighted by atomic mass is 10.1. The molecule has 0 radical (unpaired) electrons. The molecule has 0 bridgehead atoms. The number of nitrogens with one attached hydrogen (secondary N) is 2. The second kappa shape index (κ2) is 7.44. The van der Waals surface area contributed by atoms with Crippen LogP contribution in [0.25, 0.3) is 0 Å². The number of hydrogen-bond acceptors (Lipinski definition) is 3. The maximum atomic E-state index is 11.8. The summed E-state index contributed by atoms with van der Waals surface area (Å²) in [6.45, 7) is 1.70. The third-order valence-corrected chi connectivity index (χ3v) is 4.08. The lowest BCUT2D eigenvalue weighted by Crippen LogP contribution is -2.49. The summed E-state index contributed by atoms with van der Waals surface area (Å²) in [6, 6.07) is 10.4. The summed E-state index contributed by atoms with van der Waals surface area (Å²) < 4.78 is 0. The van der Waals surface area contributed by atoms with Crippen LogP contribution < -0.4 is 10.6 Å². The van der Waals surface area contributed by atoms with Crippen LogP contribution in [0.15, 0.2) is 30.3 Å². The summed E-state index contributed by atoms with van der Waals surface area (Å²) in [7, 11) is 0. The van der Waals surface area contributed by atoms with Crippen LogP contribution in [0.1, 0.15) is 12.0 Å². The Morgan fingerprint density at radius 1 is 1.39 bits per heavy atom. The molecule has 98 valence electrons. The van der Waals surface area contributed by atoms with E-state index in [2.05, 4.69) is 34.9 Å². The van der Waals surface area contributed by atoms with Crippen LogP contribution in [0.2, 0.25) is 0 Å². The van der Waals surface area contributed by atoms with Gasteiger partial charge in [0, 0.05) is 24.6 Å². The van der Waals surface area contributed by atoms with Gasteiger partial charge in [-0.25, -0.2) is 0 Å². The van der Waals surface area contributed by atoms with E-state index in [4.69, 9.17) is 0 Å². The summed E-state index contributed by atoms with van der Waals surface area (Å²) >= 11 is 1.84. The van der Waals surface area contributed by atoms with Gasteiger partial charge in [-0.1, -0.05) is 30.3 Å². The zero-order chi connectivity index (χ0) is 12.6. The lowest BCUT2D eigenvalue weighted by molar-refractivity contribution is -0.122. The largest absolute Gasteiger partial charge is 0.355 e. The molecule has 18 heavy (non-hydrogen) atoms. The topological polar surface area (TPSA) is 41.1 Å². The monoisotopic (exact) mass is 264 g/mol. The normalized spacial score (nSPS) is 19.4. The molecule has 1 saturated heterocycles. The van der Waals surface area contributed by atoms with E-state index in [0.29, 0.717) is 0 Å². The Morgan fingerprint density at radius 3 is 2.94 bits per heavy atom. The van der Waals surface area contributed by atoms with Gasteiger partial charge in [0.15, 0.2) is 0 Å². The van der Waals surface area contributed by atoms with Gasteiger partial charge in [-0.15, -0.1) is 0 Å². The summed E-state index contributed by atoms with van der Waals surface area (Å²) in [5.74, 6) is 2.15. The highest BCUT2D eigenvalue weighted by Crippen LogP contribution is 2.07. The molecule has 1 aromatic rings. The Balaban J connectivity index is 1.61. The molecule has 0 aliphatic carbocycles. The van der Waals surface area contributed by atoms with Gasteiger partial charge in [0.05, 0.1) is 6.04 Å². The predicted octanol–water partition coefficient (Wildman–Crippen LogP) is 1.44. The van der Waals surface area contributed by atoms with Crippen LogP contribution in [0, 0.1) is 0 Å². The zero-order valence-corrected chi connectivity index (χ0v) is 11.3. The second-order valence-electron chi connectivity index (χ2n) is 4.46. The second-order valence-corrected chi connectivity index (χ2v) is 5.61. The minimum Gasteiger partial charge on any atom is -0.355 e. The van der Waals surface area contributed by atoms with Crippen LogP contribution >= 0.6 is 11.8 Å². The third kappa shape index (κ3) is 4.35. The van der Waals surface area contributed by atoms with Crippen molar-refractivity contribution in [3.8, 4) is 0 Å². The van der Waals surface area contributed by atoms with Crippen molar-refractivity contribution in [2.24, 2.45) is 0 Å². The standard InChI is InChI=1S/C14H20N2OS/c17-14(13-11-18-10-9-15-13)16-8-4-7-12-5-2-1-3-6-12/h1-3,5-6,13,15H,4,7-11H2,(H,16,17). The first-order valence-electron chi connectivity index (χ1n) is 6.49. The lowest BCUT2D eigenvalue weighted by Gasteiger charge is -2.22. The summed E-state index contributed by atoms with van der Waals surface area (Å²) in [5.41, 5.74) is 1.33. The molecule has 1 aliphatic heterocycles. The van der Waals surface area contributed by atoms with Crippen molar-refractivity contribution in [3.05, 3.63) is 35.9 Å². The summed E-state index contributed by atoms with van der Waals surface area (Å²) in [6.07, 6.45) is 2.02. The van der Waals surface area contributed by atoms with Gasteiger partial charge in [0.25, 0.3) is 0 Å². The Labute approximate surface area is 113 Å². The smallest absolute Gasteiger partial charge is 0.237 e. The molecule has 1 amide bonds. The predicted molar refractivity (Wildman–Crippen MR) is 76.9 cm³/mol. The molecule has 0 spiro atoms. The van der Waals surface area contributed by atoms with Crippen LogP contribution in [0.5, 0.6) is 0 Å². The van der Waals surface area contributed by atoms with Crippen molar-refractivity contribution in [1.29, 1.82) is 0 Å². The van der Waals surface area contributed by atoms with Gasteiger partial charge in [0.2, 0.25) is 5.91 Å². The average Bonchev–Trinajstić information content (AvgIpc) is 2.45. The first-order chi connectivity index (χ1) is 8.86. The van der Waals surface area contributed by atoms with Crippen molar-refractivity contribution in [2.45, 2.75) is 18.9 Å². The fourth-order valence-corrected chi connectivity index (χ4v) is 2.94. The molecule has 1 aromatic carbocycles. The van der Waals surface area contributed by atoms with Gasteiger partial charge >= 0.3 is 0 Å². The van der Waals surface area contributed by atoms with Crippen molar-refractivity contribution >= 4 is 17.7 Å². The van der Waals surface area contributed by atoms with Gasteiger partial charge in [-0.3, -0.25) is 4.79 Å². The van der Waals surface area contributed by atoms with Crippen LogP contribution in [-0.2, 0) is 11.2 Å². The number of rotatable bonds is 5. The number of carbonyl (C=O) groups is 1. The molecule has 1 fully saturated rings. The first-order valence-corrected chi connectivity index (χ1v) is 7.64. The van der Waals surface area contributed by atoms with E-state index in [1.54, 1.807) is 0 Å². The minimum atomic E-state index is 0.000440. The molecule has 2 rings (SSSR count). The quantitative estimate of drug-likeness (QED) is 0.791. The highest BCUT2D eigenvalue weighted by Gasteiger charge is 2.19. The maximum absolute atomic E-state index is 11.8. The molecule has 3 nitrogen and oxygen atoms in total. The molecule has 1 unspecified atom stereocenters. The fourth-order valence-electron chi connectivity index (χ4n) is 2.01. The molecular weight excluding hydrogens is 244 g/mol. The van der Waals surface area contributed by atoms with E-state index in [0.717, 1.165) is 37.4 Å². The number of benzene rings is 1. The summed E-state index contributed by atoms with van der Waals surface area (Å²) in [5, 5.41) is 6.25. The van der Waals surface area contributed by atoms with Crippen molar-refractivity contribution in [2.75, 3.05) is 24.6 Å². The van der Waals surface area contributed by atoms with Crippen molar-refractivity contribution < 1.29 is 4.79 Å². The van der Waals surface area contributed by atoms with Crippen LogP contribution in [-0.4, -0.2) is 36.5 Å². The Morgan fingerprint density at radius 2 is 2.22 bits per heavy atom. The van der Waals surface area contributed by atoms with E-state index in [1.807, 2.05) is 17.8 Å². The summed E-state index contributed by atoms with van der Waals surface area (Å²) in [4.78, 5) is 11.8. The number of hydrogen-bond donors (Lipinski definition) is 2. The van der Waals surface area contributed by atoms with Gasteiger partial charge in [-0.2, -0.15) is 11.8 Å². The fraction of sp³-hybridized carbons (Fsp3) is 0.500. The van der Waals surface area contributed by atoms with Crippen LogP contribution in [0.3, 0.4) is 0 Å². The van der Waals surface area contributed by atoms with Gasteiger partial charge < -0.3 is 10.6 Å². The number of carbonyl (C=O) groups excluding carboxylic acids is 1. The minimum absolute atomic E-state index is 0.000440. The van der Waals surface area contributed by atoms with E-state index in [1.165, 1.54) is 5.56 Å². The molecule has 0 saturated carbocycles. The maximum Gasteiger partial charge on any atom is 0.237 e. The molecule has 4 heteroatoms. The van der Waals surface area contributed by atoms with E-state index >= 15 is 0 Å². The first kappa shape index (κ1) is 13.4. The molecule has 2 N–H and O–H groups in total. The zero-order valence-electron chi connectivity index (χ0n) is 10.5. The highest BCUT2D eigenvalue weighted by atomic mass is 32.2. The Hall–Kier alpha value is -1.00. The number of amides is 1. The van der Waals surface area contributed by atoms with Gasteiger partial charge in [0.1, 0.15) is 0 Å².